The van der Waals surface area contributed by atoms with Gasteiger partial charge in [-0.25, -0.2) is 4.79 Å². The molecule has 1 aliphatic rings. The van der Waals surface area contributed by atoms with Gasteiger partial charge in [0.25, 0.3) is 0 Å². The Kier molecular flexibility index (Phi) is 2.50. The van der Waals surface area contributed by atoms with Crippen molar-refractivity contribution in [2.24, 2.45) is 0 Å². The lowest BCUT2D eigenvalue weighted by atomic mass is 10.0. The van der Waals surface area contributed by atoms with E-state index in [1.165, 1.54) is 7.11 Å². The van der Waals surface area contributed by atoms with E-state index in [1.807, 2.05) is 25.1 Å². The maximum atomic E-state index is 11.6. The van der Waals surface area contributed by atoms with Gasteiger partial charge in [-0.15, -0.1) is 0 Å². The highest BCUT2D eigenvalue weighted by Crippen LogP contribution is 2.33. The van der Waals surface area contributed by atoms with Crippen molar-refractivity contribution in [2.75, 3.05) is 19.0 Å². The molecule has 4 heteroatoms. The second-order valence-electron chi connectivity index (χ2n) is 4.24. The van der Waals surface area contributed by atoms with E-state index in [0.29, 0.717) is 0 Å². The van der Waals surface area contributed by atoms with Gasteiger partial charge in [-0.2, -0.15) is 0 Å². The molecule has 2 rings (SSSR count). The summed E-state index contributed by atoms with van der Waals surface area (Å²) in [7, 11) is 1.38. The van der Waals surface area contributed by atoms with Gasteiger partial charge < -0.3 is 14.8 Å². The number of anilines is 1. The second kappa shape index (κ2) is 3.70. The number of benzene rings is 1. The van der Waals surface area contributed by atoms with Gasteiger partial charge in [-0.05, 0) is 31.5 Å². The molecule has 0 aliphatic carbocycles. The van der Waals surface area contributed by atoms with E-state index < -0.39 is 5.54 Å². The molecule has 0 saturated heterocycles. The Hall–Kier alpha value is -1.71. The van der Waals surface area contributed by atoms with Crippen LogP contribution in [0.5, 0.6) is 5.75 Å². The van der Waals surface area contributed by atoms with Crippen molar-refractivity contribution in [1.82, 2.24) is 0 Å². The molecule has 0 saturated carbocycles. The van der Waals surface area contributed by atoms with Crippen molar-refractivity contribution in [2.45, 2.75) is 19.4 Å². The van der Waals surface area contributed by atoms with Crippen LogP contribution in [-0.4, -0.2) is 25.2 Å². The smallest absolute Gasteiger partial charge is 0.334 e. The van der Waals surface area contributed by atoms with Crippen LogP contribution in [0.15, 0.2) is 18.2 Å². The zero-order valence-corrected chi connectivity index (χ0v) is 9.66. The summed E-state index contributed by atoms with van der Waals surface area (Å²) in [6.45, 7) is 4.03. The molecule has 0 fully saturated rings. The van der Waals surface area contributed by atoms with Crippen molar-refractivity contribution in [3.8, 4) is 5.75 Å². The number of aryl methyl sites for hydroxylation is 1. The lowest BCUT2D eigenvalue weighted by molar-refractivity contribution is -0.146. The highest BCUT2D eigenvalue weighted by Gasteiger charge is 2.39. The minimum absolute atomic E-state index is 0.274. The molecule has 0 spiro atoms. The van der Waals surface area contributed by atoms with Crippen molar-refractivity contribution in [3.05, 3.63) is 23.8 Å². The van der Waals surface area contributed by atoms with E-state index in [-0.39, 0.29) is 12.6 Å². The molecule has 0 radical (unpaired) electrons. The van der Waals surface area contributed by atoms with E-state index in [1.54, 1.807) is 6.92 Å². The van der Waals surface area contributed by atoms with E-state index >= 15 is 0 Å². The Balaban J connectivity index is 2.32. The van der Waals surface area contributed by atoms with E-state index in [9.17, 15) is 4.79 Å². The number of rotatable bonds is 1. The number of hydrogen-bond donors (Lipinski definition) is 1. The van der Waals surface area contributed by atoms with Crippen LogP contribution in [0.2, 0.25) is 0 Å². The summed E-state index contributed by atoms with van der Waals surface area (Å²) in [5.74, 6) is 0.451. The van der Waals surface area contributed by atoms with Crippen LogP contribution in [0.4, 0.5) is 5.69 Å². The molecule has 0 aromatic heterocycles. The van der Waals surface area contributed by atoms with E-state index in [0.717, 1.165) is 17.0 Å². The first-order valence-electron chi connectivity index (χ1n) is 5.15. The lowest BCUT2D eigenvalue weighted by Crippen LogP contribution is -2.51. The van der Waals surface area contributed by atoms with Gasteiger partial charge in [0.05, 0.1) is 12.8 Å². The summed E-state index contributed by atoms with van der Waals surface area (Å²) in [5.41, 5.74) is 1.14. The fraction of sp³-hybridized carbons (Fsp3) is 0.417. The standard InChI is InChI=1S/C12H15NO3/c1-8-4-5-10-9(6-8)13-12(2,7-16-10)11(14)15-3/h4-6,13H,7H2,1-3H3. The van der Waals surface area contributed by atoms with Gasteiger partial charge in [0.15, 0.2) is 5.54 Å². The molecule has 1 heterocycles. The number of fused-ring (bicyclic) bond motifs is 1. The molecule has 86 valence electrons. The molecule has 0 bridgehead atoms. The van der Waals surface area contributed by atoms with Crippen LogP contribution in [0.25, 0.3) is 0 Å². The number of carbonyl (C=O) groups is 1. The Morgan fingerprint density at radius 2 is 2.31 bits per heavy atom. The summed E-state index contributed by atoms with van der Waals surface area (Å²) in [6, 6.07) is 5.82. The number of ether oxygens (including phenoxy) is 2. The zero-order valence-electron chi connectivity index (χ0n) is 9.66. The van der Waals surface area contributed by atoms with Crippen molar-refractivity contribution in [1.29, 1.82) is 0 Å². The van der Waals surface area contributed by atoms with Crippen LogP contribution in [0, 0.1) is 6.92 Å². The van der Waals surface area contributed by atoms with Gasteiger partial charge in [0, 0.05) is 0 Å². The highest BCUT2D eigenvalue weighted by atomic mass is 16.5. The van der Waals surface area contributed by atoms with Crippen molar-refractivity contribution in [3.63, 3.8) is 0 Å². The minimum atomic E-state index is -0.810. The van der Waals surface area contributed by atoms with Gasteiger partial charge in [-0.3, -0.25) is 0 Å². The normalized spacial score (nSPS) is 22.7. The number of methoxy groups -OCH3 is 1. The number of nitrogens with one attached hydrogen (secondary N) is 1. The van der Waals surface area contributed by atoms with Gasteiger partial charge in [-0.1, -0.05) is 6.07 Å². The largest absolute Gasteiger partial charge is 0.488 e. The monoisotopic (exact) mass is 221 g/mol. The highest BCUT2D eigenvalue weighted by molar-refractivity contribution is 5.86. The number of esters is 1. The lowest BCUT2D eigenvalue weighted by Gasteiger charge is -2.34. The summed E-state index contributed by atoms with van der Waals surface area (Å²) in [4.78, 5) is 11.6. The molecule has 1 unspecified atom stereocenters. The quantitative estimate of drug-likeness (QED) is 0.734. The average Bonchev–Trinajstić information content (AvgIpc) is 2.27. The van der Waals surface area contributed by atoms with Crippen LogP contribution in [0.3, 0.4) is 0 Å². The third-order valence-electron chi connectivity index (χ3n) is 2.70. The predicted molar refractivity (Wildman–Crippen MR) is 60.7 cm³/mol. The topological polar surface area (TPSA) is 47.6 Å². The van der Waals surface area contributed by atoms with Crippen LogP contribution < -0.4 is 10.1 Å². The van der Waals surface area contributed by atoms with Crippen molar-refractivity contribution < 1.29 is 14.3 Å². The molecule has 1 aliphatic heterocycles. The second-order valence-corrected chi connectivity index (χ2v) is 4.24. The van der Waals surface area contributed by atoms with Gasteiger partial charge >= 0.3 is 5.97 Å². The van der Waals surface area contributed by atoms with Gasteiger partial charge in [0.1, 0.15) is 12.4 Å². The first kappa shape index (κ1) is 10.8. The third kappa shape index (κ3) is 1.71. The van der Waals surface area contributed by atoms with Crippen molar-refractivity contribution >= 4 is 11.7 Å². The number of hydrogen-bond acceptors (Lipinski definition) is 4. The predicted octanol–water partition coefficient (Wildman–Crippen LogP) is 1.73. The Bertz CT molecular complexity index is 430. The Morgan fingerprint density at radius 1 is 1.56 bits per heavy atom. The van der Waals surface area contributed by atoms with Crippen LogP contribution >= 0.6 is 0 Å². The molecule has 4 nitrogen and oxygen atoms in total. The minimum Gasteiger partial charge on any atom is -0.488 e. The average molecular weight is 221 g/mol. The Morgan fingerprint density at radius 3 is 3.00 bits per heavy atom. The molecule has 1 aromatic carbocycles. The summed E-state index contributed by atoms with van der Waals surface area (Å²) in [6.07, 6.45) is 0. The molecule has 0 amide bonds. The molecular weight excluding hydrogens is 206 g/mol. The maximum absolute atomic E-state index is 11.6. The fourth-order valence-corrected chi connectivity index (χ4v) is 1.76. The van der Waals surface area contributed by atoms with Crippen LogP contribution in [-0.2, 0) is 9.53 Å². The maximum Gasteiger partial charge on any atom is 0.334 e. The molecule has 1 N–H and O–H groups in total. The zero-order chi connectivity index (χ0) is 11.8. The third-order valence-corrected chi connectivity index (χ3v) is 2.70. The molecule has 16 heavy (non-hydrogen) atoms. The summed E-state index contributed by atoms with van der Waals surface area (Å²) in [5, 5.41) is 3.17. The van der Waals surface area contributed by atoms with E-state index in [2.05, 4.69) is 5.32 Å². The SMILES string of the molecule is COC(=O)C1(C)COc2ccc(C)cc2N1. The van der Waals surface area contributed by atoms with Crippen LogP contribution in [0.1, 0.15) is 12.5 Å². The fourth-order valence-electron chi connectivity index (χ4n) is 1.76. The first-order valence-corrected chi connectivity index (χ1v) is 5.15. The molecule has 1 aromatic rings. The molecule has 1 atom stereocenters. The summed E-state index contributed by atoms with van der Waals surface area (Å²) < 4.78 is 10.3. The number of carbonyl (C=O) groups excluding carboxylic acids is 1. The molecular formula is C12H15NO3. The summed E-state index contributed by atoms with van der Waals surface area (Å²) >= 11 is 0. The Labute approximate surface area is 94.6 Å². The first-order chi connectivity index (χ1) is 7.55. The van der Waals surface area contributed by atoms with Gasteiger partial charge in [0.2, 0.25) is 0 Å². The van der Waals surface area contributed by atoms with E-state index in [4.69, 9.17) is 9.47 Å².